The van der Waals surface area contributed by atoms with E-state index in [1.807, 2.05) is 18.2 Å². The predicted octanol–water partition coefficient (Wildman–Crippen LogP) is 5.01. The van der Waals surface area contributed by atoms with Crippen LogP contribution in [0.4, 0.5) is 0 Å². The summed E-state index contributed by atoms with van der Waals surface area (Å²) in [5.41, 5.74) is 2.83. The van der Waals surface area contributed by atoms with Gasteiger partial charge in [-0.2, -0.15) is 0 Å². The first-order chi connectivity index (χ1) is 17.9. The number of methoxy groups -OCH3 is 2. The number of halogens is 2. The average molecular weight is 542 g/mol. The van der Waals surface area contributed by atoms with Gasteiger partial charge in [0.15, 0.2) is 11.5 Å². The molecule has 2 N–H and O–H groups in total. The Morgan fingerprint density at radius 1 is 1.05 bits per heavy atom. The number of aromatic amines is 1. The minimum atomic E-state index is -0.906. The molecule has 1 atom stereocenters. The number of hydrogen-bond donors (Lipinski definition) is 2. The summed E-state index contributed by atoms with van der Waals surface area (Å²) in [5.74, 6) is -0.163. The van der Waals surface area contributed by atoms with Crippen LogP contribution in [-0.4, -0.2) is 48.7 Å². The van der Waals surface area contributed by atoms with Crippen LogP contribution in [0.5, 0.6) is 11.5 Å². The van der Waals surface area contributed by atoms with E-state index in [1.165, 1.54) is 14.2 Å². The van der Waals surface area contributed by atoms with Gasteiger partial charge in [-0.1, -0.05) is 29.3 Å². The van der Waals surface area contributed by atoms with Gasteiger partial charge in [0.2, 0.25) is 0 Å². The second kappa shape index (κ2) is 12.0. The molecule has 0 aliphatic heterocycles. The molecule has 0 spiro atoms. The van der Waals surface area contributed by atoms with Crippen molar-refractivity contribution in [2.45, 2.75) is 18.9 Å². The minimum Gasteiger partial charge on any atom is -0.493 e. The summed E-state index contributed by atoms with van der Waals surface area (Å²) in [6.07, 6.45) is 4.14. The number of rotatable bonds is 10. The molecule has 1 amide bonds. The summed E-state index contributed by atoms with van der Waals surface area (Å²) in [5, 5.41) is 4.78. The fraction of sp³-hybridized carbons (Fsp3) is 0.222. The molecule has 2 heterocycles. The quantitative estimate of drug-likeness (QED) is 0.273. The first-order valence-electron chi connectivity index (χ1n) is 11.4. The molecule has 0 fully saturated rings. The van der Waals surface area contributed by atoms with Crippen molar-refractivity contribution in [3.05, 3.63) is 87.8 Å². The van der Waals surface area contributed by atoms with E-state index in [1.54, 1.807) is 42.7 Å². The molecule has 0 bridgehead atoms. The lowest BCUT2D eigenvalue weighted by Gasteiger charge is -2.17. The van der Waals surface area contributed by atoms with Gasteiger partial charge in [-0.3, -0.25) is 9.78 Å². The molecule has 0 saturated carbocycles. The maximum Gasteiger partial charge on any atom is 0.328 e. The first kappa shape index (κ1) is 26.3. The zero-order valence-electron chi connectivity index (χ0n) is 20.2. The smallest absolute Gasteiger partial charge is 0.328 e. The van der Waals surface area contributed by atoms with Crippen molar-refractivity contribution in [3.8, 4) is 11.5 Å². The Hall–Kier alpha value is -3.75. The van der Waals surface area contributed by atoms with Gasteiger partial charge in [0.25, 0.3) is 5.91 Å². The molecular formula is C27H25Cl2N3O5. The maximum absolute atomic E-state index is 13.1. The SMILES string of the molecule is COC(=O)[C@H](Cc1cc2cnccc2[nH]1)NC(=O)c1ccc(OC)c(OCCc2ccc(Cl)cc2Cl)c1. The highest BCUT2D eigenvalue weighted by molar-refractivity contribution is 6.35. The number of carbonyl (C=O) groups excluding carboxylic acids is 2. The Morgan fingerprint density at radius 3 is 2.62 bits per heavy atom. The number of ether oxygens (including phenoxy) is 3. The van der Waals surface area contributed by atoms with Gasteiger partial charge >= 0.3 is 5.97 Å². The molecule has 2 aromatic heterocycles. The van der Waals surface area contributed by atoms with Crippen molar-refractivity contribution in [1.82, 2.24) is 15.3 Å². The molecule has 0 saturated heterocycles. The molecule has 8 nitrogen and oxygen atoms in total. The normalized spacial score (nSPS) is 11.7. The summed E-state index contributed by atoms with van der Waals surface area (Å²) in [7, 11) is 2.80. The second-order valence-electron chi connectivity index (χ2n) is 8.21. The zero-order chi connectivity index (χ0) is 26.4. The molecule has 0 unspecified atom stereocenters. The first-order valence-corrected chi connectivity index (χ1v) is 12.2. The molecule has 192 valence electrons. The number of pyridine rings is 1. The number of nitrogens with one attached hydrogen (secondary N) is 2. The van der Waals surface area contributed by atoms with Gasteiger partial charge in [0.1, 0.15) is 6.04 Å². The van der Waals surface area contributed by atoms with Gasteiger partial charge in [-0.15, -0.1) is 0 Å². The van der Waals surface area contributed by atoms with E-state index in [2.05, 4.69) is 15.3 Å². The fourth-order valence-corrected chi connectivity index (χ4v) is 4.37. The van der Waals surface area contributed by atoms with Crippen LogP contribution in [-0.2, 0) is 22.4 Å². The second-order valence-corrected chi connectivity index (χ2v) is 9.05. The average Bonchev–Trinajstić information content (AvgIpc) is 3.31. The molecule has 0 radical (unpaired) electrons. The van der Waals surface area contributed by atoms with E-state index in [0.29, 0.717) is 40.1 Å². The third kappa shape index (κ3) is 6.53. The molecule has 0 aliphatic rings. The fourth-order valence-electron chi connectivity index (χ4n) is 3.87. The predicted molar refractivity (Wildman–Crippen MR) is 142 cm³/mol. The number of amides is 1. The van der Waals surface area contributed by atoms with Crippen LogP contribution in [0.1, 0.15) is 21.6 Å². The molecule has 10 heteroatoms. The highest BCUT2D eigenvalue weighted by Gasteiger charge is 2.24. The molecule has 2 aromatic carbocycles. The molecule has 0 aliphatic carbocycles. The van der Waals surface area contributed by atoms with Crippen molar-refractivity contribution in [3.63, 3.8) is 0 Å². The Kier molecular flexibility index (Phi) is 8.53. The largest absolute Gasteiger partial charge is 0.493 e. The van der Waals surface area contributed by atoms with E-state index in [9.17, 15) is 9.59 Å². The summed E-state index contributed by atoms with van der Waals surface area (Å²) < 4.78 is 16.2. The van der Waals surface area contributed by atoms with Crippen LogP contribution >= 0.6 is 23.2 Å². The van der Waals surface area contributed by atoms with Crippen molar-refractivity contribution in [2.75, 3.05) is 20.8 Å². The summed E-state index contributed by atoms with van der Waals surface area (Å²) in [6.45, 7) is 0.294. The van der Waals surface area contributed by atoms with Crippen molar-refractivity contribution < 1.29 is 23.8 Å². The monoisotopic (exact) mass is 541 g/mol. The van der Waals surface area contributed by atoms with Crippen LogP contribution in [0.3, 0.4) is 0 Å². The van der Waals surface area contributed by atoms with Crippen molar-refractivity contribution in [2.24, 2.45) is 0 Å². The highest BCUT2D eigenvalue weighted by Crippen LogP contribution is 2.29. The summed E-state index contributed by atoms with van der Waals surface area (Å²) >= 11 is 12.2. The van der Waals surface area contributed by atoms with Gasteiger partial charge in [-0.05, 0) is 48.0 Å². The van der Waals surface area contributed by atoms with Crippen LogP contribution in [0.15, 0.2) is 60.9 Å². The van der Waals surface area contributed by atoms with Crippen LogP contribution < -0.4 is 14.8 Å². The lowest BCUT2D eigenvalue weighted by molar-refractivity contribution is -0.142. The van der Waals surface area contributed by atoms with Crippen molar-refractivity contribution >= 4 is 46.0 Å². The number of benzene rings is 2. The third-order valence-corrected chi connectivity index (χ3v) is 6.35. The zero-order valence-corrected chi connectivity index (χ0v) is 21.7. The lowest BCUT2D eigenvalue weighted by atomic mass is 10.1. The van der Waals surface area contributed by atoms with Gasteiger partial charge in [0, 0.05) is 57.4 Å². The van der Waals surface area contributed by atoms with Crippen molar-refractivity contribution in [1.29, 1.82) is 0 Å². The lowest BCUT2D eigenvalue weighted by Crippen LogP contribution is -2.43. The Morgan fingerprint density at radius 2 is 1.89 bits per heavy atom. The van der Waals surface area contributed by atoms with E-state index in [-0.39, 0.29) is 6.42 Å². The Balaban J connectivity index is 1.46. The number of fused-ring (bicyclic) bond motifs is 1. The van der Waals surface area contributed by atoms with Crippen LogP contribution in [0.25, 0.3) is 10.9 Å². The third-order valence-electron chi connectivity index (χ3n) is 5.76. The summed E-state index contributed by atoms with van der Waals surface area (Å²) in [4.78, 5) is 32.9. The molecule has 37 heavy (non-hydrogen) atoms. The number of hydrogen-bond acceptors (Lipinski definition) is 6. The number of aromatic nitrogens is 2. The van der Waals surface area contributed by atoms with E-state index >= 15 is 0 Å². The number of H-pyrrole nitrogens is 1. The Labute approximate surface area is 223 Å². The van der Waals surface area contributed by atoms with E-state index in [0.717, 1.165) is 22.2 Å². The topological polar surface area (TPSA) is 103 Å². The van der Waals surface area contributed by atoms with Gasteiger partial charge < -0.3 is 24.5 Å². The minimum absolute atomic E-state index is 0.217. The highest BCUT2D eigenvalue weighted by atomic mass is 35.5. The standard InChI is InChI=1S/C27H25Cl2N3O5/c1-35-24-6-4-17(12-25(24)37-10-8-16-3-5-19(28)13-21(16)29)26(33)32-23(27(34)36-2)14-20-11-18-15-30-9-7-22(18)31-20/h3-7,9,11-13,15,23,31H,8,10,14H2,1-2H3,(H,32,33)/t23-/m0/s1. The number of nitrogens with zero attached hydrogens (tertiary/aromatic N) is 1. The van der Waals surface area contributed by atoms with Crippen LogP contribution in [0, 0.1) is 0 Å². The van der Waals surface area contributed by atoms with Gasteiger partial charge in [-0.25, -0.2) is 4.79 Å². The Bertz CT molecular complexity index is 1390. The van der Waals surface area contributed by atoms with E-state index in [4.69, 9.17) is 37.4 Å². The van der Waals surface area contributed by atoms with Crippen LogP contribution in [0.2, 0.25) is 10.0 Å². The maximum atomic E-state index is 13.1. The molecule has 4 aromatic rings. The number of esters is 1. The number of carbonyl (C=O) groups is 2. The molecule has 4 rings (SSSR count). The van der Waals surface area contributed by atoms with Gasteiger partial charge in [0.05, 0.1) is 20.8 Å². The molecular weight excluding hydrogens is 517 g/mol. The summed E-state index contributed by atoms with van der Waals surface area (Å²) in [6, 6.07) is 12.9. The van der Waals surface area contributed by atoms with E-state index < -0.39 is 17.9 Å².